The van der Waals surface area contributed by atoms with Crippen molar-refractivity contribution in [2.24, 2.45) is 5.10 Å². The molecule has 2 aromatic heterocycles. The van der Waals surface area contributed by atoms with Gasteiger partial charge < -0.3 is 0 Å². The first-order chi connectivity index (χ1) is 14.5. The fourth-order valence-corrected chi connectivity index (χ4v) is 3.21. The van der Waals surface area contributed by atoms with Gasteiger partial charge in [-0.05, 0) is 44.2 Å². The number of H-pyrrole nitrogens is 1. The Kier molecular flexibility index (Phi) is 5.45. The van der Waals surface area contributed by atoms with Crippen LogP contribution in [0.15, 0.2) is 65.8 Å². The Morgan fingerprint density at radius 1 is 1.13 bits per heavy atom. The summed E-state index contributed by atoms with van der Waals surface area (Å²) in [4.78, 5) is 12.4. The minimum Gasteiger partial charge on any atom is -0.272 e. The van der Waals surface area contributed by atoms with Crippen LogP contribution < -0.4 is 5.43 Å². The lowest BCUT2D eigenvalue weighted by Gasteiger charge is -2.03. The molecule has 4 aromatic rings. The summed E-state index contributed by atoms with van der Waals surface area (Å²) in [5.74, 6) is -0.385. The average Bonchev–Trinajstić information content (AvgIpc) is 3.35. The highest BCUT2D eigenvalue weighted by Gasteiger charge is 2.13. The molecule has 0 radical (unpaired) electrons. The second-order valence-electron chi connectivity index (χ2n) is 6.70. The topological polar surface area (TPSA) is 88.0 Å². The Morgan fingerprint density at radius 3 is 2.60 bits per heavy atom. The second-order valence-corrected chi connectivity index (χ2v) is 7.14. The van der Waals surface area contributed by atoms with Crippen LogP contribution >= 0.6 is 11.6 Å². The van der Waals surface area contributed by atoms with Gasteiger partial charge in [-0.3, -0.25) is 9.89 Å². The van der Waals surface area contributed by atoms with Crippen molar-refractivity contribution < 1.29 is 4.79 Å². The zero-order chi connectivity index (χ0) is 21.1. The molecular formula is C22H19ClN6O. The van der Waals surface area contributed by atoms with Crippen molar-refractivity contribution in [3.05, 3.63) is 88.3 Å². The normalized spacial score (nSPS) is 11.2. The zero-order valence-corrected chi connectivity index (χ0v) is 17.2. The van der Waals surface area contributed by atoms with Crippen molar-refractivity contribution in [1.82, 2.24) is 25.4 Å². The van der Waals surface area contributed by atoms with Gasteiger partial charge in [-0.2, -0.15) is 15.3 Å². The lowest BCUT2D eigenvalue weighted by molar-refractivity contribution is 0.0950. The molecule has 7 nitrogen and oxygen atoms in total. The monoisotopic (exact) mass is 418 g/mol. The number of hydrazone groups is 1. The Balaban J connectivity index is 1.47. The lowest BCUT2D eigenvalue weighted by atomic mass is 10.1. The lowest BCUT2D eigenvalue weighted by Crippen LogP contribution is -2.18. The third-order valence-electron chi connectivity index (χ3n) is 4.67. The number of rotatable bonds is 5. The first-order valence-corrected chi connectivity index (χ1v) is 9.67. The number of nitrogens with zero attached hydrogens (tertiary/aromatic N) is 4. The third-order valence-corrected chi connectivity index (χ3v) is 4.92. The number of aromatic nitrogens is 4. The van der Waals surface area contributed by atoms with Crippen molar-refractivity contribution in [3.63, 3.8) is 0 Å². The highest BCUT2D eigenvalue weighted by molar-refractivity contribution is 6.30. The number of hydrogen-bond donors (Lipinski definition) is 2. The smallest absolute Gasteiger partial charge is 0.272 e. The quantitative estimate of drug-likeness (QED) is 0.374. The molecule has 30 heavy (non-hydrogen) atoms. The molecule has 2 N–H and O–H groups in total. The summed E-state index contributed by atoms with van der Waals surface area (Å²) >= 11 is 5.91. The third kappa shape index (κ3) is 4.01. The molecule has 1 amide bonds. The van der Waals surface area contributed by atoms with E-state index in [1.165, 1.54) is 0 Å². The first kappa shape index (κ1) is 19.6. The van der Waals surface area contributed by atoms with E-state index < -0.39 is 0 Å². The van der Waals surface area contributed by atoms with E-state index in [-0.39, 0.29) is 5.91 Å². The molecule has 4 rings (SSSR count). The number of aromatic amines is 1. The molecule has 0 atom stereocenters. The van der Waals surface area contributed by atoms with Crippen molar-refractivity contribution in [1.29, 1.82) is 0 Å². The molecule has 150 valence electrons. The van der Waals surface area contributed by atoms with Crippen molar-refractivity contribution >= 4 is 23.7 Å². The Bertz CT molecular complexity index is 1210. The molecule has 0 aliphatic heterocycles. The number of benzene rings is 2. The van der Waals surface area contributed by atoms with Gasteiger partial charge in [-0.25, -0.2) is 10.1 Å². The van der Waals surface area contributed by atoms with Crippen LogP contribution in [0.1, 0.15) is 27.4 Å². The summed E-state index contributed by atoms with van der Waals surface area (Å²) in [5.41, 5.74) is 7.92. The predicted octanol–water partition coefficient (Wildman–Crippen LogP) is 4.30. The van der Waals surface area contributed by atoms with Crippen molar-refractivity contribution in [2.75, 3.05) is 0 Å². The van der Waals surface area contributed by atoms with Gasteiger partial charge in [-0.15, -0.1) is 0 Å². The molecule has 2 aromatic carbocycles. The number of para-hydroxylation sites is 1. The number of amides is 1. The fraction of sp³-hybridized carbons (Fsp3) is 0.0909. The summed E-state index contributed by atoms with van der Waals surface area (Å²) < 4.78 is 1.85. The van der Waals surface area contributed by atoms with Crippen molar-refractivity contribution in [2.45, 2.75) is 13.8 Å². The molecule has 0 saturated carbocycles. The van der Waals surface area contributed by atoms with E-state index in [4.69, 9.17) is 11.6 Å². The maximum atomic E-state index is 12.4. The summed E-state index contributed by atoms with van der Waals surface area (Å²) in [6.45, 7) is 3.87. The van der Waals surface area contributed by atoms with Crippen LogP contribution in [0.3, 0.4) is 0 Å². The van der Waals surface area contributed by atoms with Gasteiger partial charge in [0.05, 0.1) is 29.0 Å². The minimum atomic E-state index is -0.385. The van der Waals surface area contributed by atoms with Gasteiger partial charge in [0.15, 0.2) is 0 Å². The SMILES string of the molecule is Cc1nn(-c2ccccc2)c(C)c1/C=N\NC(=O)c1cc(-c2ccc(Cl)cc2)n[nH]1. The molecule has 0 bridgehead atoms. The van der Waals surface area contributed by atoms with Crippen molar-refractivity contribution in [3.8, 4) is 16.9 Å². The maximum Gasteiger partial charge on any atom is 0.289 e. The van der Waals surface area contributed by atoms with Gasteiger partial charge in [0.25, 0.3) is 5.91 Å². The van der Waals surface area contributed by atoms with Gasteiger partial charge >= 0.3 is 0 Å². The van der Waals surface area contributed by atoms with Crippen LogP contribution in [-0.4, -0.2) is 32.1 Å². The molecule has 0 aliphatic carbocycles. The van der Waals surface area contributed by atoms with Crippen LogP contribution in [0.25, 0.3) is 16.9 Å². The molecule has 0 unspecified atom stereocenters. The molecule has 0 fully saturated rings. The second kappa shape index (κ2) is 8.34. The number of hydrogen-bond acceptors (Lipinski definition) is 4. The number of carbonyl (C=O) groups excluding carboxylic acids is 1. The average molecular weight is 419 g/mol. The maximum absolute atomic E-state index is 12.4. The number of carbonyl (C=O) groups is 1. The fourth-order valence-electron chi connectivity index (χ4n) is 3.08. The number of aryl methyl sites for hydroxylation is 1. The molecular weight excluding hydrogens is 400 g/mol. The summed E-state index contributed by atoms with van der Waals surface area (Å²) in [6, 6.07) is 18.7. The Hall–Kier alpha value is -3.71. The van der Waals surface area contributed by atoms with E-state index in [9.17, 15) is 4.79 Å². The largest absolute Gasteiger partial charge is 0.289 e. The first-order valence-electron chi connectivity index (χ1n) is 9.29. The van der Waals surface area contributed by atoms with E-state index >= 15 is 0 Å². The minimum absolute atomic E-state index is 0.311. The van der Waals surface area contributed by atoms with E-state index in [0.717, 1.165) is 28.2 Å². The summed E-state index contributed by atoms with van der Waals surface area (Å²) in [5, 5.41) is 16.2. The van der Waals surface area contributed by atoms with E-state index in [1.54, 1.807) is 24.4 Å². The van der Waals surface area contributed by atoms with Crippen LogP contribution in [0.4, 0.5) is 0 Å². The molecule has 0 saturated heterocycles. The van der Waals surface area contributed by atoms with Crippen LogP contribution in [0.5, 0.6) is 0 Å². The van der Waals surface area contributed by atoms with E-state index in [0.29, 0.717) is 16.4 Å². The van der Waals surface area contributed by atoms with E-state index in [1.807, 2.05) is 61.0 Å². The standard InChI is InChI=1S/C22H19ClN6O/c1-14-19(15(2)29(28-14)18-6-4-3-5-7-18)13-24-27-22(30)21-12-20(25-26-21)16-8-10-17(23)11-9-16/h3-13H,1-2H3,(H,25,26)(H,27,30)/b24-13-. The number of halogens is 1. The Labute approximate surface area is 178 Å². The number of nitrogens with one attached hydrogen (secondary N) is 2. The zero-order valence-electron chi connectivity index (χ0n) is 16.4. The van der Waals surface area contributed by atoms with Gasteiger partial charge in [0, 0.05) is 16.1 Å². The highest BCUT2D eigenvalue weighted by atomic mass is 35.5. The molecule has 0 aliphatic rings. The summed E-state index contributed by atoms with van der Waals surface area (Å²) in [7, 11) is 0. The van der Waals surface area contributed by atoms with Gasteiger partial charge in [0.1, 0.15) is 5.69 Å². The highest BCUT2D eigenvalue weighted by Crippen LogP contribution is 2.20. The van der Waals surface area contributed by atoms with Gasteiger partial charge in [-0.1, -0.05) is 41.9 Å². The summed E-state index contributed by atoms with van der Waals surface area (Å²) in [6.07, 6.45) is 1.60. The Morgan fingerprint density at radius 2 is 1.87 bits per heavy atom. The van der Waals surface area contributed by atoms with E-state index in [2.05, 4.69) is 25.8 Å². The van der Waals surface area contributed by atoms with Crippen LogP contribution in [0, 0.1) is 13.8 Å². The molecule has 0 spiro atoms. The molecule has 2 heterocycles. The van der Waals surface area contributed by atoms with Gasteiger partial charge in [0.2, 0.25) is 0 Å². The molecule has 8 heteroatoms. The van der Waals surface area contributed by atoms with Crippen LogP contribution in [-0.2, 0) is 0 Å². The van der Waals surface area contributed by atoms with Crippen LogP contribution in [0.2, 0.25) is 5.02 Å². The predicted molar refractivity (Wildman–Crippen MR) is 117 cm³/mol.